The van der Waals surface area contributed by atoms with Gasteiger partial charge in [0.05, 0.1) is 10.0 Å². The van der Waals surface area contributed by atoms with E-state index < -0.39 is 12.0 Å². The molecule has 0 saturated carbocycles. The topological polar surface area (TPSA) is 62.5 Å². The first-order valence-electron chi connectivity index (χ1n) is 9.31. The quantitative estimate of drug-likeness (QED) is 0.322. The van der Waals surface area contributed by atoms with Crippen LogP contribution in [0.1, 0.15) is 27.8 Å². The average Bonchev–Trinajstić information content (AvgIpc) is 3.27. The van der Waals surface area contributed by atoms with Crippen LogP contribution in [-0.2, 0) is 0 Å². The summed E-state index contributed by atoms with van der Waals surface area (Å²) < 4.78 is 5.70. The Morgan fingerprint density at radius 3 is 2.39 bits per heavy atom. The number of aliphatic hydroxyl groups excluding tert-OH is 1. The van der Waals surface area contributed by atoms with E-state index in [0.29, 0.717) is 43.2 Å². The summed E-state index contributed by atoms with van der Waals surface area (Å²) in [5, 5.41) is 14.9. The second-order valence-corrected chi connectivity index (χ2v) is 8.04. The smallest absolute Gasteiger partial charge is 0.291 e. The highest BCUT2D eigenvalue weighted by atomic mass is 35.5. The van der Waals surface area contributed by atoms with Gasteiger partial charge in [-0.1, -0.05) is 65.1 Å². The minimum absolute atomic E-state index is 0.108. The van der Waals surface area contributed by atoms with Gasteiger partial charge in [0.2, 0.25) is 0 Å². The minimum Gasteiger partial charge on any atom is -0.451 e. The van der Waals surface area contributed by atoms with Crippen LogP contribution in [0.4, 0.5) is 5.69 Å². The summed E-state index contributed by atoms with van der Waals surface area (Å²) in [5.41, 5.74) is 2.28. The number of carbonyl (C=O) groups excluding carboxylic acids is 1. The maximum atomic E-state index is 12.8. The third-order valence-corrected chi connectivity index (χ3v) is 5.68. The largest absolute Gasteiger partial charge is 0.451 e. The van der Waals surface area contributed by atoms with Gasteiger partial charge in [0.25, 0.3) is 5.91 Å². The zero-order valence-electron chi connectivity index (χ0n) is 16.0. The molecule has 1 amide bonds. The molecule has 1 atom stereocenters. The lowest BCUT2D eigenvalue weighted by atomic mass is 10.00. The summed E-state index contributed by atoms with van der Waals surface area (Å²) in [6, 6.07) is 22.3. The zero-order valence-corrected chi connectivity index (χ0v) is 18.2. The van der Waals surface area contributed by atoms with Crippen LogP contribution in [0.25, 0.3) is 11.3 Å². The molecule has 0 fully saturated rings. The number of nitrogens with one attached hydrogen (secondary N) is 1. The lowest BCUT2D eigenvalue weighted by Crippen LogP contribution is -2.14. The Morgan fingerprint density at radius 2 is 1.65 bits per heavy atom. The van der Waals surface area contributed by atoms with Crippen molar-refractivity contribution in [3.8, 4) is 11.3 Å². The lowest BCUT2D eigenvalue weighted by Gasteiger charge is -2.17. The molecule has 0 spiro atoms. The van der Waals surface area contributed by atoms with Crippen molar-refractivity contribution in [2.24, 2.45) is 0 Å². The maximum absolute atomic E-state index is 12.8. The number of benzene rings is 3. The number of rotatable bonds is 5. The molecule has 156 valence electrons. The molecule has 3 aromatic carbocycles. The van der Waals surface area contributed by atoms with Crippen LogP contribution in [-0.4, -0.2) is 11.0 Å². The number of amides is 1. The Kier molecular flexibility index (Phi) is 6.35. The summed E-state index contributed by atoms with van der Waals surface area (Å²) >= 11 is 18.2. The second-order valence-electron chi connectivity index (χ2n) is 6.79. The molecule has 0 bridgehead atoms. The van der Waals surface area contributed by atoms with Crippen LogP contribution >= 0.6 is 34.8 Å². The Balaban J connectivity index is 1.59. The fourth-order valence-electron chi connectivity index (χ4n) is 3.14. The summed E-state index contributed by atoms with van der Waals surface area (Å²) in [6.45, 7) is 0. The first kappa shape index (κ1) is 21.5. The van der Waals surface area contributed by atoms with E-state index >= 15 is 0 Å². The molecule has 31 heavy (non-hydrogen) atoms. The highest BCUT2D eigenvalue weighted by Gasteiger charge is 2.19. The Hall–Kier alpha value is -2.76. The van der Waals surface area contributed by atoms with Gasteiger partial charge in [-0.25, -0.2) is 0 Å². The predicted octanol–water partition coefficient (Wildman–Crippen LogP) is 7.24. The predicted molar refractivity (Wildman–Crippen MR) is 124 cm³/mol. The molecule has 0 saturated heterocycles. The van der Waals surface area contributed by atoms with Crippen LogP contribution in [0.15, 0.2) is 83.3 Å². The van der Waals surface area contributed by atoms with Crippen molar-refractivity contribution in [3.63, 3.8) is 0 Å². The minimum atomic E-state index is -0.960. The normalized spacial score (nSPS) is 11.9. The van der Waals surface area contributed by atoms with Gasteiger partial charge in [0, 0.05) is 21.8 Å². The third-order valence-electron chi connectivity index (χ3n) is 4.71. The van der Waals surface area contributed by atoms with E-state index in [-0.39, 0.29) is 5.76 Å². The van der Waals surface area contributed by atoms with Gasteiger partial charge in [-0.05, 0) is 54.1 Å². The molecule has 0 aliphatic heterocycles. The first-order valence-corrected chi connectivity index (χ1v) is 10.4. The molecule has 0 aliphatic carbocycles. The summed E-state index contributed by atoms with van der Waals surface area (Å²) in [7, 11) is 0. The Morgan fingerprint density at radius 1 is 0.871 bits per heavy atom. The van der Waals surface area contributed by atoms with Gasteiger partial charge >= 0.3 is 0 Å². The van der Waals surface area contributed by atoms with Crippen molar-refractivity contribution in [3.05, 3.63) is 111 Å². The Bertz CT molecular complexity index is 1240. The number of hydrogen-bond donors (Lipinski definition) is 2. The summed E-state index contributed by atoms with van der Waals surface area (Å²) in [6.07, 6.45) is -0.960. The summed E-state index contributed by atoms with van der Waals surface area (Å²) in [5.74, 6) is 0.121. The molecule has 1 aromatic heterocycles. The van der Waals surface area contributed by atoms with Crippen molar-refractivity contribution in [2.45, 2.75) is 6.10 Å². The fourth-order valence-corrected chi connectivity index (χ4v) is 3.62. The van der Waals surface area contributed by atoms with Crippen LogP contribution in [0.3, 0.4) is 0 Å². The number of carbonyl (C=O) groups is 1. The van der Waals surface area contributed by atoms with Gasteiger partial charge < -0.3 is 14.8 Å². The maximum Gasteiger partial charge on any atom is 0.291 e. The van der Waals surface area contributed by atoms with Crippen molar-refractivity contribution in [1.82, 2.24) is 0 Å². The molecule has 0 unspecified atom stereocenters. The third kappa shape index (κ3) is 4.78. The standard InChI is InChI=1S/C24H16Cl3NO3/c25-16-7-9-20(17(13-16)23(29)14-4-2-1-3-5-14)28-24(30)22-11-10-21(31-22)15-6-8-18(26)19(27)12-15/h1-13,23,29H,(H,28,30)/t23-/m0/s1. The van der Waals surface area contributed by atoms with E-state index in [0.717, 1.165) is 0 Å². The van der Waals surface area contributed by atoms with Crippen molar-refractivity contribution >= 4 is 46.4 Å². The molecule has 1 heterocycles. The van der Waals surface area contributed by atoms with Crippen LogP contribution in [0.5, 0.6) is 0 Å². The van der Waals surface area contributed by atoms with Crippen LogP contribution < -0.4 is 5.32 Å². The van der Waals surface area contributed by atoms with Crippen molar-refractivity contribution in [1.29, 1.82) is 0 Å². The molecule has 7 heteroatoms. The van der Waals surface area contributed by atoms with Crippen molar-refractivity contribution < 1.29 is 14.3 Å². The molecular weight excluding hydrogens is 457 g/mol. The lowest BCUT2D eigenvalue weighted by molar-refractivity contribution is 0.0997. The van der Waals surface area contributed by atoms with Crippen molar-refractivity contribution in [2.75, 3.05) is 5.32 Å². The average molecular weight is 473 g/mol. The van der Waals surface area contributed by atoms with E-state index in [4.69, 9.17) is 39.2 Å². The van der Waals surface area contributed by atoms with Crippen LogP contribution in [0, 0.1) is 0 Å². The monoisotopic (exact) mass is 471 g/mol. The van der Waals surface area contributed by atoms with E-state index in [1.54, 1.807) is 60.7 Å². The number of aliphatic hydroxyl groups is 1. The van der Waals surface area contributed by atoms with E-state index in [1.807, 2.05) is 18.2 Å². The van der Waals surface area contributed by atoms with E-state index in [2.05, 4.69) is 5.32 Å². The number of hydrogen-bond acceptors (Lipinski definition) is 3. The van der Waals surface area contributed by atoms with Gasteiger partial charge in [-0.15, -0.1) is 0 Å². The van der Waals surface area contributed by atoms with Crippen LogP contribution in [0.2, 0.25) is 15.1 Å². The van der Waals surface area contributed by atoms with Gasteiger partial charge in [-0.3, -0.25) is 4.79 Å². The molecule has 0 aliphatic rings. The second kappa shape index (κ2) is 9.16. The molecule has 4 rings (SSSR count). The summed E-state index contributed by atoms with van der Waals surface area (Å²) in [4.78, 5) is 12.8. The van der Waals surface area contributed by atoms with Gasteiger partial charge in [0.1, 0.15) is 11.9 Å². The molecule has 0 radical (unpaired) electrons. The number of halogens is 3. The van der Waals surface area contributed by atoms with Gasteiger partial charge in [-0.2, -0.15) is 0 Å². The highest BCUT2D eigenvalue weighted by Crippen LogP contribution is 2.32. The number of anilines is 1. The SMILES string of the molecule is O=C(Nc1ccc(Cl)cc1[C@@H](O)c1ccccc1)c1ccc(-c2ccc(Cl)c(Cl)c2)o1. The van der Waals surface area contributed by atoms with E-state index in [9.17, 15) is 9.90 Å². The molecule has 2 N–H and O–H groups in total. The zero-order chi connectivity index (χ0) is 22.0. The fraction of sp³-hybridized carbons (Fsp3) is 0.0417. The Labute approximate surface area is 194 Å². The molecule has 4 nitrogen and oxygen atoms in total. The van der Waals surface area contributed by atoms with Gasteiger partial charge in [0.15, 0.2) is 5.76 Å². The number of furan rings is 1. The molecule has 4 aromatic rings. The highest BCUT2D eigenvalue weighted by molar-refractivity contribution is 6.42. The van der Waals surface area contributed by atoms with E-state index in [1.165, 1.54) is 0 Å². The molecular formula is C24H16Cl3NO3. The first-order chi connectivity index (χ1) is 14.9.